The van der Waals surface area contributed by atoms with E-state index in [2.05, 4.69) is 0 Å². The highest BCUT2D eigenvalue weighted by molar-refractivity contribution is 5.88. The van der Waals surface area contributed by atoms with E-state index < -0.39 is 11.8 Å². The summed E-state index contributed by atoms with van der Waals surface area (Å²) in [5, 5.41) is 8.33. The summed E-state index contributed by atoms with van der Waals surface area (Å²) in [5.74, 6) is -1.67. The highest BCUT2D eigenvalue weighted by atomic mass is 19.1. The molecule has 0 saturated heterocycles. The fourth-order valence-electron chi connectivity index (χ4n) is 0.724. The summed E-state index contributed by atoms with van der Waals surface area (Å²) in [6, 6.07) is 0. The first-order chi connectivity index (χ1) is 4.61. The molecule has 0 radical (unpaired) electrons. The maximum Gasteiger partial charge on any atom is 0.332 e. The Hall–Kier alpha value is -1.32. The molecule has 0 aromatic carbocycles. The van der Waals surface area contributed by atoms with Crippen molar-refractivity contribution < 1.29 is 14.3 Å². The molecule has 3 N–H and O–H groups in total. The molecule has 0 fully saturated rings. The fraction of sp³-hybridized carbons (Fsp3) is 0.167. The Labute approximate surface area is 56.6 Å². The van der Waals surface area contributed by atoms with Gasteiger partial charge in [0.15, 0.2) is 0 Å². The lowest BCUT2D eigenvalue weighted by Crippen LogP contribution is -1.97. The molecule has 4 heteroatoms. The molecule has 1 rings (SSSR count). The molecule has 0 spiro atoms. The maximum atomic E-state index is 12.4. The van der Waals surface area contributed by atoms with Gasteiger partial charge in [0.05, 0.1) is 5.70 Å². The molecule has 0 heterocycles. The maximum absolute atomic E-state index is 12.4. The smallest absolute Gasteiger partial charge is 0.332 e. The predicted molar refractivity (Wildman–Crippen MR) is 32.7 cm³/mol. The zero-order chi connectivity index (χ0) is 7.72. The topological polar surface area (TPSA) is 63.3 Å². The van der Waals surface area contributed by atoms with Crippen LogP contribution in [0, 0.1) is 0 Å². The van der Waals surface area contributed by atoms with Crippen LogP contribution in [-0.4, -0.2) is 11.1 Å². The molecule has 0 aromatic rings. The second kappa shape index (κ2) is 2.13. The standard InChI is InChI=1S/C6H6FNO2/c7-4-1-3(6(9)10)2-5(4)8/h2H,1,8H2,(H,9,10). The molecule has 0 aromatic heterocycles. The van der Waals surface area contributed by atoms with Crippen molar-refractivity contribution in [1.29, 1.82) is 0 Å². The Kier molecular flexibility index (Phi) is 1.45. The van der Waals surface area contributed by atoms with Gasteiger partial charge in [-0.3, -0.25) is 0 Å². The summed E-state index contributed by atoms with van der Waals surface area (Å²) in [6.07, 6.45) is 0.957. The molecule has 54 valence electrons. The number of hydrogen-bond acceptors (Lipinski definition) is 2. The van der Waals surface area contributed by atoms with E-state index in [0.29, 0.717) is 0 Å². The first-order valence-electron chi connectivity index (χ1n) is 2.69. The van der Waals surface area contributed by atoms with Crippen LogP contribution in [0.25, 0.3) is 0 Å². The van der Waals surface area contributed by atoms with E-state index in [0.717, 1.165) is 6.08 Å². The zero-order valence-electron chi connectivity index (χ0n) is 5.10. The third-order valence-electron chi connectivity index (χ3n) is 1.26. The SMILES string of the molecule is NC1=C(F)CC(C(=O)O)=C1. The molecule has 1 aliphatic rings. The number of carboxylic acids is 1. The lowest BCUT2D eigenvalue weighted by atomic mass is 10.2. The Bertz CT molecular complexity index is 242. The zero-order valence-corrected chi connectivity index (χ0v) is 5.10. The van der Waals surface area contributed by atoms with Crippen LogP contribution in [0.1, 0.15) is 6.42 Å². The largest absolute Gasteiger partial charge is 0.478 e. The molecule has 0 atom stereocenters. The summed E-state index contributed by atoms with van der Waals surface area (Å²) >= 11 is 0. The second-order valence-corrected chi connectivity index (χ2v) is 2.01. The second-order valence-electron chi connectivity index (χ2n) is 2.01. The number of nitrogens with two attached hydrogens (primary N) is 1. The monoisotopic (exact) mass is 143 g/mol. The van der Waals surface area contributed by atoms with Gasteiger partial charge in [0, 0.05) is 12.0 Å². The van der Waals surface area contributed by atoms with Crippen molar-refractivity contribution >= 4 is 5.97 Å². The van der Waals surface area contributed by atoms with Crippen LogP contribution >= 0.6 is 0 Å². The Morgan fingerprint density at radius 2 is 2.40 bits per heavy atom. The lowest BCUT2D eigenvalue weighted by Gasteiger charge is -1.88. The van der Waals surface area contributed by atoms with E-state index in [1.54, 1.807) is 0 Å². The van der Waals surface area contributed by atoms with Crippen molar-refractivity contribution in [3.63, 3.8) is 0 Å². The van der Waals surface area contributed by atoms with E-state index in [1.165, 1.54) is 0 Å². The average molecular weight is 143 g/mol. The van der Waals surface area contributed by atoms with Crippen LogP contribution in [0.15, 0.2) is 23.2 Å². The molecule has 1 aliphatic carbocycles. The van der Waals surface area contributed by atoms with Crippen molar-refractivity contribution in [2.45, 2.75) is 6.42 Å². The summed E-state index contributed by atoms with van der Waals surface area (Å²) < 4.78 is 12.4. The normalized spacial score (nSPS) is 17.5. The number of allylic oxidation sites excluding steroid dienone is 2. The van der Waals surface area contributed by atoms with Gasteiger partial charge in [-0.2, -0.15) is 0 Å². The Morgan fingerprint density at radius 3 is 2.60 bits per heavy atom. The highest BCUT2D eigenvalue weighted by Gasteiger charge is 2.18. The number of rotatable bonds is 1. The van der Waals surface area contributed by atoms with Gasteiger partial charge in [-0.15, -0.1) is 0 Å². The molecule has 10 heavy (non-hydrogen) atoms. The van der Waals surface area contributed by atoms with E-state index in [1.807, 2.05) is 0 Å². The van der Waals surface area contributed by atoms with Gasteiger partial charge in [-0.1, -0.05) is 0 Å². The van der Waals surface area contributed by atoms with E-state index in [-0.39, 0.29) is 17.7 Å². The first kappa shape index (κ1) is 6.80. The highest BCUT2D eigenvalue weighted by Crippen LogP contribution is 2.22. The van der Waals surface area contributed by atoms with Gasteiger partial charge < -0.3 is 10.8 Å². The Morgan fingerprint density at radius 1 is 1.80 bits per heavy atom. The van der Waals surface area contributed by atoms with Crippen molar-refractivity contribution in [1.82, 2.24) is 0 Å². The van der Waals surface area contributed by atoms with Crippen molar-refractivity contribution in [2.24, 2.45) is 5.73 Å². The van der Waals surface area contributed by atoms with Crippen LogP contribution < -0.4 is 5.73 Å². The van der Waals surface area contributed by atoms with Gasteiger partial charge in [-0.05, 0) is 6.08 Å². The third kappa shape index (κ3) is 1.00. The number of carbonyl (C=O) groups is 1. The minimum Gasteiger partial charge on any atom is -0.478 e. The predicted octanol–water partition coefficient (Wildman–Crippen LogP) is 0.541. The summed E-state index contributed by atoms with van der Waals surface area (Å²) in [7, 11) is 0. The van der Waals surface area contributed by atoms with Gasteiger partial charge in [0.2, 0.25) is 0 Å². The van der Waals surface area contributed by atoms with Gasteiger partial charge in [-0.25, -0.2) is 9.18 Å². The number of carboxylic acid groups (broad SMARTS) is 1. The summed E-state index contributed by atoms with van der Waals surface area (Å²) in [4.78, 5) is 10.2. The van der Waals surface area contributed by atoms with E-state index in [4.69, 9.17) is 10.8 Å². The van der Waals surface area contributed by atoms with Crippen LogP contribution in [0.3, 0.4) is 0 Å². The Balaban J connectivity index is 2.79. The van der Waals surface area contributed by atoms with Crippen LogP contribution in [0.4, 0.5) is 4.39 Å². The number of hydrogen-bond donors (Lipinski definition) is 2. The quantitative estimate of drug-likeness (QED) is 0.563. The first-order valence-corrected chi connectivity index (χ1v) is 2.69. The molecule has 0 amide bonds. The molecule has 3 nitrogen and oxygen atoms in total. The summed E-state index contributed by atoms with van der Waals surface area (Å²) in [6.45, 7) is 0. The van der Waals surface area contributed by atoms with E-state index in [9.17, 15) is 9.18 Å². The molecular formula is C6H6FNO2. The fourth-order valence-corrected chi connectivity index (χ4v) is 0.724. The molecule has 0 bridgehead atoms. The summed E-state index contributed by atoms with van der Waals surface area (Å²) in [5.41, 5.74) is 5.01. The van der Waals surface area contributed by atoms with Crippen molar-refractivity contribution in [3.8, 4) is 0 Å². The van der Waals surface area contributed by atoms with Crippen LogP contribution in [-0.2, 0) is 4.79 Å². The minimum atomic E-state index is -1.12. The van der Waals surface area contributed by atoms with Gasteiger partial charge >= 0.3 is 5.97 Å². The van der Waals surface area contributed by atoms with Gasteiger partial charge in [0.1, 0.15) is 5.83 Å². The van der Waals surface area contributed by atoms with E-state index >= 15 is 0 Å². The molecule has 0 aliphatic heterocycles. The van der Waals surface area contributed by atoms with Crippen LogP contribution in [0.5, 0.6) is 0 Å². The molecular weight excluding hydrogens is 137 g/mol. The number of aliphatic carboxylic acids is 1. The van der Waals surface area contributed by atoms with Crippen molar-refractivity contribution in [3.05, 3.63) is 23.2 Å². The lowest BCUT2D eigenvalue weighted by molar-refractivity contribution is -0.132. The molecule has 0 saturated carbocycles. The average Bonchev–Trinajstić information content (AvgIpc) is 2.13. The number of halogens is 1. The van der Waals surface area contributed by atoms with Gasteiger partial charge in [0.25, 0.3) is 0 Å². The molecule has 0 unspecified atom stereocenters. The van der Waals surface area contributed by atoms with Crippen LogP contribution in [0.2, 0.25) is 0 Å². The third-order valence-corrected chi connectivity index (χ3v) is 1.26. The van der Waals surface area contributed by atoms with Crippen molar-refractivity contribution in [2.75, 3.05) is 0 Å². The minimum absolute atomic E-state index is 0.00926.